The van der Waals surface area contributed by atoms with E-state index in [0.717, 1.165) is 25.7 Å². The van der Waals surface area contributed by atoms with Gasteiger partial charge in [0.05, 0.1) is 35.7 Å². The Balaban J connectivity index is 1.54. The topological polar surface area (TPSA) is 61.4 Å². The number of carbonyl (C=O) groups excluding carboxylic acids is 1. The first-order valence-electron chi connectivity index (χ1n) is 8.73. The molecule has 2 aliphatic rings. The fraction of sp³-hybridized carbons (Fsp3) is 0.500. The molecule has 4 rings (SSSR count). The van der Waals surface area contributed by atoms with E-state index in [2.05, 4.69) is 51.8 Å². The Kier molecular flexibility index (Phi) is 4.41. The van der Waals surface area contributed by atoms with Crippen LogP contribution in [0.15, 0.2) is 29.9 Å². The van der Waals surface area contributed by atoms with Gasteiger partial charge in [0.15, 0.2) is 0 Å². The quantitative estimate of drug-likeness (QED) is 0.813. The van der Waals surface area contributed by atoms with Crippen LogP contribution >= 0.6 is 22.9 Å². The summed E-state index contributed by atoms with van der Waals surface area (Å²) in [6, 6.07) is 4.27. The number of nitrogens with one attached hydrogen (secondary N) is 1. The predicted molar refractivity (Wildman–Crippen MR) is 104 cm³/mol. The number of halogens is 1. The standard InChI is InChI=1S/C18H22ClN5OS/c1-23(2)18(14-4-3-9-26-14)7-5-17(6-8-18)12-24(16(25)22-17)13-10-20-15(19)21-11-13/h3-4,9-11H,5-8,12H2,1-2H3,(H,22,25). The summed E-state index contributed by atoms with van der Waals surface area (Å²) in [5.41, 5.74) is 0.556. The number of hydrogen-bond donors (Lipinski definition) is 1. The van der Waals surface area contributed by atoms with E-state index in [1.54, 1.807) is 17.3 Å². The number of carbonyl (C=O) groups is 1. The van der Waals surface area contributed by atoms with Crippen molar-refractivity contribution in [2.45, 2.75) is 36.8 Å². The minimum absolute atomic E-state index is 0.0565. The predicted octanol–water partition coefficient (Wildman–Crippen LogP) is 3.49. The van der Waals surface area contributed by atoms with E-state index in [-0.39, 0.29) is 22.4 Å². The lowest BCUT2D eigenvalue weighted by Gasteiger charge is -2.47. The van der Waals surface area contributed by atoms with Crippen molar-refractivity contribution < 1.29 is 4.79 Å². The van der Waals surface area contributed by atoms with Crippen LogP contribution in [0.2, 0.25) is 5.28 Å². The van der Waals surface area contributed by atoms with E-state index in [1.807, 2.05) is 11.3 Å². The molecule has 1 spiro atoms. The SMILES string of the molecule is CN(C)C1(c2cccs2)CCC2(CC1)CN(c1cnc(Cl)nc1)C(=O)N2. The summed E-state index contributed by atoms with van der Waals surface area (Å²) in [7, 11) is 4.31. The van der Waals surface area contributed by atoms with Crippen molar-refractivity contribution in [1.82, 2.24) is 20.2 Å². The first-order valence-corrected chi connectivity index (χ1v) is 9.99. The molecule has 0 radical (unpaired) electrons. The zero-order valence-electron chi connectivity index (χ0n) is 14.9. The van der Waals surface area contributed by atoms with Crippen LogP contribution in [0.5, 0.6) is 0 Å². The number of anilines is 1. The number of aromatic nitrogens is 2. The summed E-state index contributed by atoms with van der Waals surface area (Å²) < 4.78 is 0. The van der Waals surface area contributed by atoms with Gasteiger partial charge in [-0.2, -0.15) is 0 Å². The molecule has 3 heterocycles. The summed E-state index contributed by atoms with van der Waals surface area (Å²) in [4.78, 5) is 26.0. The molecule has 1 saturated heterocycles. The number of urea groups is 1. The number of amides is 2. The lowest BCUT2D eigenvalue weighted by atomic mass is 9.71. The molecule has 2 fully saturated rings. The lowest BCUT2D eigenvalue weighted by Crippen LogP contribution is -2.53. The van der Waals surface area contributed by atoms with Crippen LogP contribution in [-0.4, -0.2) is 47.1 Å². The van der Waals surface area contributed by atoms with E-state index >= 15 is 0 Å². The van der Waals surface area contributed by atoms with Crippen LogP contribution < -0.4 is 10.2 Å². The fourth-order valence-corrected chi connectivity index (χ4v) is 5.41. The molecular weight excluding hydrogens is 370 g/mol. The molecule has 2 aromatic rings. The van der Waals surface area contributed by atoms with Crippen LogP contribution in [0.25, 0.3) is 0 Å². The van der Waals surface area contributed by atoms with Crippen molar-refractivity contribution in [3.05, 3.63) is 40.1 Å². The van der Waals surface area contributed by atoms with Gasteiger partial charge in [-0.05, 0) is 62.8 Å². The third kappa shape index (κ3) is 2.88. The van der Waals surface area contributed by atoms with Crippen LogP contribution in [0.4, 0.5) is 10.5 Å². The Morgan fingerprint density at radius 2 is 1.92 bits per heavy atom. The summed E-state index contributed by atoms with van der Waals surface area (Å²) in [5.74, 6) is 0. The molecule has 0 bridgehead atoms. The van der Waals surface area contributed by atoms with Gasteiger partial charge in [-0.25, -0.2) is 14.8 Å². The maximum atomic E-state index is 12.6. The smallest absolute Gasteiger partial charge is 0.322 e. The van der Waals surface area contributed by atoms with Crippen molar-refractivity contribution >= 4 is 34.7 Å². The number of nitrogens with zero attached hydrogens (tertiary/aromatic N) is 4. The third-order valence-corrected chi connectivity index (χ3v) is 7.12. The van der Waals surface area contributed by atoms with Crippen molar-refractivity contribution in [3.63, 3.8) is 0 Å². The van der Waals surface area contributed by atoms with E-state index in [1.165, 1.54) is 4.88 Å². The normalized spacial score (nSPS) is 28.8. The number of rotatable bonds is 3. The average Bonchev–Trinajstić information content (AvgIpc) is 3.26. The molecule has 0 unspecified atom stereocenters. The fourth-order valence-electron chi connectivity index (χ4n) is 4.24. The highest BCUT2D eigenvalue weighted by atomic mass is 35.5. The maximum absolute atomic E-state index is 12.6. The molecule has 0 aromatic carbocycles. The van der Waals surface area contributed by atoms with Gasteiger partial charge in [0.2, 0.25) is 5.28 Å². The van der Waals surface area contributed by atoms with Gasteiger partial charge in [-0.3, -0.25) is 9.80 Å². The zero-order valence-corrected chi connectivity index (χ0v) is 16.5. The van der Waals surface area contributed by atoms with Gasteiger partial charge < -0.3 is 5.32 Å². The molecule has 26 heavy (non-hydrogen) atoms. The van der Waals surface area contributed by atoms with Crippen molar-refractivity contribution in [3.8, 4) is 0 Å². The van der Waals surface area contributed by atoms with Crippen LogP contribution in [-0.2, 0) is 5.54 Å². The first-order chi connectivity index (χ1) is 12.4. The maximum Gasteiger partial charge on any atom is 0.322 e. The average molecular weight is 392 g/mol. The highest BCUT2D eigenvalue weighted by molar-refractivity contribution is 7.10. The Labute approximate surface area is 162 Å². The van der Waals surface area contributed by atoms with Crippen LogP contribution in [0.3, 0.4) is 0 Å². The largest absolute Gasteiger partial charge is 0.330 e. The van der Waals surface area contributed by atoms with E-state index in [0.29, 0.717) is 12.2 Å². The highest BCUT2D eigenvalue weighted by Crippen LogP contribution is 2.47. The minimum Gasteiger partial charge on any atom is -0.330 e. The van der Waals surface area contributed by atoms with Crippen molar-refractivity contribution in [1.29, 1.82) is 0 Å². The van der Waals surface area contributed by atoms with Gasteiger partial charge in [0.25, 0.3) is 0 Å². The second kappa shape index (κ2) is 6.48. The zero-order chi connectivity index (χ0) is 18.4. The molecule has 8 heteroatoms. The third-order valence-electron chi connectivity index (χ3n) is 5.87. The van der Waals surface area contributed by atoms with Gasteiger partial charge >= 0.3 is 6.03 Å². The molecular formula is C18H22ClN5OS. The summed E-state index contributed by atoms with van der Waals surface area (Å²) >= 11 is 7.58. The molecule has 138 valence electrons. The van der Waals surface area contributed by atoms with Crippen LogP contribution in [0, 0.1) is 0 Å². The Bertz CT molecular complexity index is 784. The van der Waals surface area contributed by atoms with Crippen molar-refractivity contribution in [2.75, 3.05) is 25.5 Å². The first kappa shape index (κ1) is 17.7. The molecule has 0 atom stereocenters. The number of hydrogen-bond acceptors (Lipinski definition) is 5. The lowest BCUT2D eigenvalue weighted by molar-refractivity contribution is 0.0689. The van der Waals surface area contributed by atoms with Gasteiger partial charge in [0.1, 0.15) is 0 Å². The minimum atomic E-state index is -0.187. The molecule has 1 aliphatic carbocycles. The van der Waals surface area contributed by atoms with Gasteiger partial charge in [-0.1, -0.05) is 6.07 Å². The summed E-state index contributed by atoms with van der Waals surface area (Å²) in [6.45, 7) is 0.644. The van der Waals surface area contributed by atoms with E-state index in [4.69, 9.17) is 11.6 Å². The van der Waals surface area contributed by atoms with Crippen LogP contribution in [0.1, 0.15) is 30.6 Å². The highest BCUT2D eigenvalue weighted by Gasteiger charge is 2.50. The van der Waals surface area contributed by atoms with E-state index < -0.39 is 0 Å². The molecule has 1 N–H and O–H groups in total. The Hall–Kier alpha value is -1.70. The second-order valence-electron chi connectivity index (χ2n) is 7.41. The summed E-state index contributed by atoms with van der Waals surface area (Å²) in [5, 5.41) is 5.57. The molecule has 6 nitrogen and oxygen atoms in total. The summed E-state index contributed by atoms with van der Waals surface area (Å²) in [6.07, 6.45) is 7.14. The molecule has 2 aromatic heterocycles. The molecule has 1 saturated carbocycles. The van der Waals surface area contributed by atoms with Gasteiger partial charge in [0, 0.05) is 4.88 Å². The van der Waals surface area contributed by atoms with Crippen molar-refractivity contribution in [2.24, 2.45) is 0 Å². The Morgan fingerprint density at radius 1 is 1.23 bits per heavy atom. The Morgan fingerprint density at radius 3 is 2.50 bits per heavy atom. The monoisotopic (exact) mass is 391 g/mol. The molecule has 1 aliphatic heterocycles. The second-order valence-corrected chi connectivity index (χ2v) is 8.70. The van der Waals surface area contributed by atoms with E-state index in [9.17, 15) is 4.79 Å². The number of thiophene rings is 1. The van der Waals surface area contributed by atoms with Gasteiger partial charge in [-0.15, -0.1) is 11.3 Å². The molecule has 2 amide bonds.